The second-order valence-electron chi connectivity index (χ2n) is 19.8. The molecule has 0 saturated heterocycles. The minimum absolute atomic E-state index is 0.00601. The summed E-state index contributed by atoms with van der Waals surface area (Å²) in [6.45, 7) is -3.04. The molecule has 22 nitrogen and oxygen atoms in total. The van der Waals surface area contributed by atoms with E-state index in [0.29, 0.717) is 17.4 Å². The van der Waals surface area contributed by atoms with Crippen LogP contribution >= 0.6 is 0 Å². The van der Waals surface area contributed by atoms with Crippen molar-refractivity contribution in [1.82, 2.24) is 16.0 Å². The summed E-state index contributed by atoms with van der Waals surface area (Å²) in [5, 5.41) is 71.9. The first kappa shape index (κ1) is 69.4. The Bertz CT molecular complexity index is 1490. The van der Waals surface area contributed by atoms with Crippen LogP contribution in [0, 0.1) is 0 Å². The molecule has 10 N–H and O–H groups in total. The maximum Gasteiger partial charge on any atom is 0.501 e. The van der Waals surface area contributed by atoms with Crippen molar-refractivity contribution < 1.29 is 87.3 Å². The van der Waals surface area contributed by atoms with Crippen LogP contribution in [0.2, 0.25) is 6.04 Å². The van der Waals surface area contributed by atoms with E-state index in [1.807, 2.05) is 0 Å². The van der Waals surface area contributed by atoms with Crippen LogP contribution in [-0.4, -0.2) is 223 Å². The normalized spacial score (nSPS) is 13.7. The maximum atomic E-state index is 11.4. The van der Waals surface area contributed by atoms with E-state index in [0.717, 1.165) is 25.8 Å². The molecule has 0 aromatic heterocycles. The van der Waals surface area contributed by atoms with Crippen molar-refractivity contribution in [3.8, 4) is 0 Å². The number of aliphatic hydroxyl groups excluding tert-OH is 6. The zero-order valence-corrected chi connectivity index (χ0v) is 46.1. The van der Waals surface area contributed by atoms with Gasteiger partial charge in [-0.2, -0.15) is 8.42 Å². The summed E-state index contributed by atoms with van der Waals surface area (Å²) in [6, 6.07) is 0.00601. The van der Waals surface area contributed by atoms with E-state index in [9.17, 15) is 69.6 Å². The molecule has 0 bridgehead atoms. The quantitative estimate of drug-likeness (QED) is 0.0174. The molecule has 0 aliphatic carbocycles. The lowest BCUT2D eigenvalue weighted by molar-refractivity contribution is -0.890. The van der Waals surface area contributed by atoms with Gasteiger partial charge in [0, 0.05) is 24.0 Å². The number of unbranched alkanes of at least 4 members (excludes halogenated alkanes) is 15. The van der Waals surface area contributed by atoms with Crippen molar-refractivity contribution in [3.63, 3.8) is 0 Å². The molecule has 0 heterocycles. The number of hydrogen-bond acceptors (Lipinski definition) is 20. The van der Waals surface area contributed by atoms with Crippen molar-refractivity contribution in [1.29, 1.82) is 0 Å². The lowest BCUT2D eigenvalue weighted by Crippen LogP contribution is -2.64. The van der Waals surface area contributed by atoms with Crippen molar-refractivity contribution in [2.75, 3.05) is 124 Å². The number of aliphatic hydroxyl groups is 6. The molecule has 0 aliphatic rings. The highest BCUT2D eigenvalue weighted by Crippen LogP contribution is 2.26. The predicted octanol–water partition coefficient (Wildman–Crippen LogP) is 0.791. The fraction of sp³-hybridized carbons (Fsp3) is 1.00. The molecule has 0 unspecified atom stereocenters. The van der Waals surface area contributed by atoms with E-state index in [4.69, 9.17) is 13.3 Å². The molecule has 0 atom stereocenters. The van der Waals surface area contributed by atoms with Crippen LogP contribution in [-0.2, 0) is 43.6 Å². The number of hydrogen-bond donors (Lipinski definition) is 10. The van der Waals surface area contributed by atoms with Gasteiger partial charge in [-0.1, -0.05) is 96.8 Å². The molecular weight excluding hydrogens is 997 g/mol. The van der Waals surface area contributed by atoms with Crippen LogP contribution < -0.4 is 16.0 Å². The summed E-state index contributed by atoms with van der Waals surface area (Å²) in [7, 11) is -13.7. The Morgan fingerprint density at radius 3 is 1.03 bits per heavy atom. The largest absolute Gasteiger partial charge is 0.748 e. The Labute approximate surface area is 422 Å². The van der Waals surface area contributed by atoms with E-state index in [1.54, 1.807) is 0 Å². The molecule has 0 saturated carbocycles. The smallest absolute Gasteiger partial charge is 0.501 e. The van der Waals surface area contributed by atoms with Gasteiger partial charge in [0.05, 0.1) is 129 Å². The van der Waals surface area contributed by atoms with Crippen LogP contribution in [0.3, 0.4) is 0 Å². The summed E-state index contributed by atoms with van der Waals surface area (Å²) >= 11 is 0. The summed E-state index contributed by atoms with van der Waals surface area (Å²) in [4.78, 5) is 0. The van der Waals surface area contributed by atoms with Crippen molar-refractivity contribution >= 4 is 39.2 Å². The maximum absolute atomic E-state index is 11.4. The molecule has 422 valence electrons. The monoisotopic (exact) mass is 1090 g/mol. The second-order valence-corrected chi connectivity index (χ2v) is 27.1. The Hall–Kier alpha value is -0.573. The SMILES string of the molecule is CCCCCCCCCCCCCCCCCC[N+](C)(C)CCC[Si](OCC(CO)(CO)NCCCS(=O)(=O)[O-])(OCC(CO)(CO)NCCCS(=O)(=O)[O-])OCC(CO)(CO)NCCCS(=O)(=O)O. The van der Waals surface area contributed by atoms with Gasteiger partial charge < -0.3 is 73.5 Å². The van der Waals surface area contributed by atoms with Crippen molar-refractivity contribution in [3.05, 3.63) is 0 Å². The lowest BCUT2D eigenvalue weighted by Gasteiger charge is -2.41. The van der Waals surface area contributed by atoms with Gasteiger partial charge in [-0.15, -0.1) is 0 Å². The third-order valence-corrected chi connectivity index (χ3v) is 17.7. The second kappa shape index (κ2) is 37.2. The van der Waals surface area contributed by atoms with Gasteiger partial charge in [-0.25, -0.2) is 16.8 Å². The Kier molecular flexibility index (Phi) is 36.9. The summed E-state index contributed by atoms with van der Waals surface area (Å²) in [6.07, 6.45) is 19.9. The molecule has 0 aromatic rings. The first-order valence-electron chi connectivity index (χ1n) is 25.3. The number of nitrogens with one attached hydrogen (secondary N) is 3. The highest BCUT2D eigenvalue weighted by atomic mass is 32.2. The molecule has 0 amide bonds. The van der Waals surface area contributed by atoms with Gasteiger partial charge in [0.1, 0.15) is 0 Å². The predicted molar refractivity (Wildman–Crippen MR) is 269 cm³/mol. The average Bonchev–Trinajstić information content (AvgIpc) is 3.30. The molecule has 70 heavy (non-hydrogen) atoms. The number of quaternary nitrogens is 1. The Balaban J connectivity index is 6.36. The van der Waals surface area contributed by atoms with E-state index in [2.05, 4.69) is 37.0 Å². The standard InChI is InChI=1S/C44H96N4O18S3Si/c1-4-5-6-7-8-9-10-11-12-13-14-15-16-17-18-19-27-48(2,3)28-23-32-70(64-39-42(33-49,34-50)45-24-20-29-67(55,56)57,65-40-43(35-51,36-52)46-25-21-30-68(58,59)60)66-41-44(37-53,38-54)47-26-22-31-69(61,62)63/h45-47,49-54H,4-41H2,1-3H3,(H2-,55,56,57,58,59,60,61,62,63)/p-1. The lowest BCUT2D eigenvalue weighted by atomic mass is 10.0. The van der Waals surface area contributed by atoms with Gasteiger partial charge in [0.2, 0.25) is 0 Å². The van der Waals surface area contributed by atoms with Gasteiger partial charge in [0.25, 0.3) is 10.1 Å². The fourth-order valence-corrected chi connectivity index (χ4v) is 12.0. The van der Waals surface area contributed by atoms with Crippen molar-refractivity contribution in [2.45, 2.75) is 158 Å². The average molecular weight is 1090 g/mol. The molecule has 0 rings (SSSR count). The highest BCUT2D eigenvalue weighted by molar-refractivity contribution is 7.86. The molecule has 0 aromatic carbocycles. The minimum Gasteiger partial charge on any atom is -0.748 e. The minimum atomic E-state index is -4.58. The topological polar surface area (TPSA) is 354 Å². The third-order valence-electron chi connectivity index (χ3n) is 12.6. The van der Waals surface area contributed by atoms with Crippen LogP contribution in [0.15, 0.2) is 0 Å². The molecule has 0 spiro atoms. The van der Waals surface area contributed by atoms with E-state index in [-0.39, 0.29) is 44.9 Å². The Morgan fingerprint density at radius 2 is 0.743 bits per heavy atom. The highest BCUT2D eigenvalue weighted by Gasteiger charge is 2.48. The van der Waals surface area contributed by atoms with Gasteiger partial charge in [-0.05, 0) is 51.7 Å². The number of rotatable bonds is 51. The van der Waals surface area contributed by atoms with Gasteiger partial charge in [0.15, 0.2) is 0 Å². The summed E-state index contributed by atoms with van der Waals surface area (Å²) in [5.74, 6) is -2.08. The first-order valence-corrected chi connectivity index (χ1v) is 32.0. The zero-order valence-electron chi connectivity index (χ0n) is 42.7. The summed E-state index contributed by atoms with van der Waals surface area (Å²) in [5.41, 5.74) is -5.01. The van der Waals surface area contributed by atoms with E-state index < -0.39 is 132 Å². The summed E-state index contributed by atoms with van der Waals surface area (Å²) < 4.78 is 120. The Morgan fingerprint density at radius 1 is 0.457 bits per heavy atom. The molecule has 0 radical (unpaired) electrons. The fourth-order valence-electron chi connectivity index (χ4n) is 7.73. The molecule has 0 fully saturated rings. The van der Waals surface area contributed by atoms with Gasteiger partial charge in [-0.3, -0.25) is 4.55 Å². The van der Waals surface area contributed by atoms with Crippen LogP contribution in [0.25, 0.3) is 0 Å². The molecule has 26 heteroatoms. The van der Waals surface area contributed by atoms with E-state index >= 15 is 0 Å². The van der Waals surface area contributed by atoms with E-state index in [1.165, 1.54) is 83.5 Å². The first-order chi connectivity index (χ1) is 32.9. The van der Waals surface area contributed by atoms with Crippen LogP contribution in [0.4, 0.5) is 0 Å². The molecule has 0 aliphatic heterocycles. The van der Waals surface area contributed by atoms with Gasteiger partial charge >= 0.3 is 8.80 Å². The molecular formula is C44H95N4O18S3Si-. The number of nitrogens with zero attached hydrogens (tertiary/aromatic N) is 1. The van der Waals surface area contributed by atoms with Crippen LogP contribution in [0.5, 0.6) is 0 Å². The third kappa shape index (κ3) is 34.8. The van der Waals surface area contributed by atoms with Crippen LogP contribution in [0.1, 0.15) is 135 Å². The zero-order chi connectivity index (χ0) is 53.1. The van der Waals surface area contributed by atoms with Crippen molar-refractivity contribution in [2.24, 2.45) is 0 Å².